The Morgan fingerprint density at radius 2 is 1.90 bits per heavy atom. The average Bonchev–Trinajstić information content (AvgIpc) is 3.05. The molecule has 2 amide bonds. The van der Waals surface area contributed by atoms with Crippen LogP contribution in [0, 0.1) is 11.6 Å². The lowest BCUT2D eigenvalue weighted by Crippen LogP contribution is -2.36. The molecule has 7 heteroatoms. The number of carbonyl (C=O) groups excluding carboxylic acids is 2. The monoisotopic (exact) mass is 393 g/mol. The Bertz CT molecular complexity index is 1120. The predicted molar refractivity (Wildman–Crippen MR) is 105 cm³/mol. The lowest BCUT2D eigenvalue weighted by atomic mass is 10.1. The number of benzene rings is 2. The first-order valence-corrected chi connectivity index (χ1v) is 9.08. The summed E-state index contributed by atoms with van der Waals surface area (Å²) in [6.07, 6.45) is 2.10. The van der Waals surface area contributed by atoms with Gasteiger partial charge in [0.1, 0.15) is 17.3 Å². The van der Waals surface area contributed by atoms with E-state index >= 15 is 0 Å². The summed E-state index contributed by atoms with van der Waals surface area (Å²) < 4.78 is 26.8. The minimum Gasteiger partial charge on any atom is -0.319 e. The van der Waals surface area contributed by atoms with Crippen LogP contribution in [0.15, 0.2) is 60.8 Å². The zero-order valence-corrected chi connectivity index (χ0v) is 15.5. The largest absolute Gasteiger partial charge is 0.319 e. The standard InChI is InChI=1S/C22H17F2N3O2/c1-13-10-14-4-2-3-5-20(14)27(13)22(29)19-11-15(8-9-25-19)21(28)26-18-7-6-16(23)12-17(18)24/h2-9,11-13H,10H2,1H3,(H,26,28). The van der Waals surface area contributed by atoms with Crippen LogP contribution in [0.4, 0.5) is 20.2 Å². The average molecular weight is 393 g/mol. The Labute approximate surface area is 166 Å². The highest BCUT2D eigenvalue weighted by molar-refractivity contribution is 6.09. The molecule has 0 saturated heterocycles. The number of para-hydroxylation sites is 1. The molecule has 0 bridgehead atoms. The smallest absolute Gasteiger partial charge is 0.277 e. The molecule has 2 aromatic carbocycles. The molecule has 146 valence electrons. The van der Waals surface area contributed by atoms with Crippen LogP contribution in [-0.4, -0.2) is 22.8 Å². The Morgan fingerprint density at radius 1 is 1.10 bits per heavy atom. The van der Waals surface area contributed by atoms with Gasteiger partial charge in [-0.2, -0.15) is 0 Å². The van der Waals surface area contributed by atoms with Crippen molar-refractivity contribution in [2.75, 3.05) is 10.2 Å². The number of hydrogen-bond acceptors (Lipinski definition) is 3. The second-order valence-corrected chi connectivity index (χ2v) is 6.87. The number of hydrogen-bond donors (Lipinski definition) is 1. The maximum atomic E-state index is 13.8. The number of rotatable bonds is 3. The minimum atomic E-state index is -0.883. The zero-order chi connectivity index (χ0) is 20.5. The SMILES string of the molecule is CC1Cc2ccccc2N1C(=O)c1cc(C(=O)Nc2ccc(F)cc2F)ccn1. The number of aromatic nitrogens is 1. The summed E-state index contributed by atoms with van der Waals surface area (Å²) in [6, 6.07) is 13.3. The summed E-state index contributed by atoms with van der Waals surface area (Å²) in [5.74, 6) is -2.56. The van der Waals surface area contributed by atoms with Gasteiger partial charge in [0.25, 0.3) is 11.8 Å². The Kier molecular flexibility index (Phi) is 4.80. The third-order valence-electron chi connectivity index (χ3n) is 4.85. The molecule has 0 spiro atoms. The van der Waals surface area contributed by atoms with E-state index in [0.717, 1.165) is 29.8 Å². The Balaban J connectivity index is 1.59. The third kappa shape index (κ3) is 3.59. The van der Waals surface area contributed by atoms with E-state index in [9.17, 15) is 18.4 Å². The summed E-state index contributed by atoms with van der Waals surface area (Å²) >= 11 is 0. The molecular formula is C22H17F2N3O2. The van der Waals surface area contributed by atoms with Crippen LogP contribution in [0.3, 0.4) is 0 Å². The van der Waals surface area contributed by atoms with Gasteiger partial charge in [-0.15, -0.1) is 0 Å². The van der Waals surface area contributed by atoms with E-state index in [-0.39, 0.29) is 28.9 Å². The van der Waals surface area contributed by atoms with Gasteiger partial charge >= 0.3 is 0 Å². The maximum Gasteiger partial charge on any atom is 0.277 e. The van der Waals surface area contributed by atoms with E-state index < -0.39 is 17.5 Å². The molecule has 1 atom stereocenters. The zero-order valence-electron chi connectivity index (χ0n) is 15.5. The van der Waals surface area contributed by atoms with E-state index in [4.69, 9.17) is 0 Å². The van der Waals surface area contributed by atoms with Crippen molar-refractivity contribution in [3.05, 3.63) is 89.2 Å². The van der Waals surface area contributed by atoms with Crippen LogP contribution >= 0.6 is 0 Å². The van der Waals surface area contributed by atoms with Crippen molar-refractivity contribution in [1.82, 2.24) is 4.98 Å². The molecular weight excluding hydrogens is 376 g/mol. The minimum absolute atomic E-state index is 0.0347. The number of fused-ring (bicyclic) bond motifs is 1. The number of nitrogens with zero attached hydrogens (tertiary/aromatic N) is 2. The van der Waals surface area contributed by atoms with Crippen LogP contribution in [0.25, 0.3) is 0 Å². The Morgan fingerprint density at radius 3 is 2.69 bits per heavy atom. The summed E-state index contributed by atoms with van der Waals surface area (Å²) in [7, 11) is 0. The highest BCUT2D eigenvalue weighted by Gasteiger charge is 2.32. The van der Waals surface area contributed by atoms with Gasteiger partial charge in [-0.25, -0.2) is 8.78 Å². The van der Waals surface area contributed by atoms with E-state index in [0.29, 0.717) is 6.07 Å². The van der Waals surface area contributed by atoms with Crippen molar-refractivity contribution in [3.63, 3.8) is 0 Å². The van der Waals surface area contributed by atoms with Gasteiger partial charge in [0.15, 0.2) is 0 Å². The highest BCUT2D eigenvalue weighted by Crippen LogP contribution is 2.32. The fourth-order valence-electron chi connectivity index (χ4n) is 3.47. The van der Waals surface area contributed by atoms with Crippen molar-refractivity contribution >= 4 is 23.2 Å². The number of halogens is 2. The maximum absolute atomic E-state index is 13.8. The number of nitrogens with one attached hydrogen (secondary N) is 1. The molecule has 0 saturated carbocycles. The lowest BCUT2D eigenvalue weighted by molar-refractivity contribution is 0.0976. The number of carbonyl (C=O) groups is 2. The number of amides is 2. The molecule has 1 aromatic heterocycles. The van der Waals surface area contributed by atoms with Gasteiger partial charge in [0.05, 0.1) is 5.69 Å². The molecule has 2 heterocycles. The van der Waals surface area contributed by atoms with Crippen molar-refractivity contribution in [1.29, 1.82) is 0 Å². The van der Waals surface area contributed by atoms with Gasteiger partial charge < -0.3 is 10.2 Å². The fraction of sp³-hybridized carbons (Fsp3) is 0.136. The summed E-state index contributed by atoms with van der Waals surface area (Å²) in [5, 5.41) is 2.38. The van der Waals surface area contributed by atoms with Gasteiger partial charge in [-0.3, -0.25) is 14.6 Å². The van der Waals surface area contributed by atoms with Crippen LogP contribution in [0.2, 0.25) is 0 Å². The molecule has 4 rings (SSSR count). The van der Waals surface area contributed by atoms with Crippen molar-refractivity contribution in [2.45, 2.75) is 19.4 Å². The van der Waals surface area contributed by atoms with Gasteiger partial charge in [-0.1, -0.05) is 18.2 Å². The predicted octanol–water partition coefficient (Wildman–Crippen LogP) is 4.20. The molecule has 1 unspecified atom stereocenters. The Hall–Kier alpha value is -3.61. The highest BCUT2D eigenvalue weighted by atomic mass is 19.1. The summed E-state index contributed by atoms with van der Waals surface area (Å²) in [5.41, 5.74) is 2.01. The van der Waals surface area contributed by atoms with Crippen LogP contribution in [0.1, 0.15) is 33.3 Å². The quantitative estimate of drug-likeness (QED) is 0.725. The van der Waals surface area contributed by atoms with Crippen molar-refractivity contribution in [3.8, 4) is 0 Å². The summed E-state index contributed by atoms with van der Waals surface area (Å²) in [6.45, 7) is 1.95. The van der Waals surface area contributed by atoms with E-state index in [1.165, 1.54) is 18.3 Å². The molecule has 0 radical (unpaired) electrons. The molecule has 3 aromatic rings. The fourth-order valence-corrected chi connectivity index (χ4v) is 3.47. The molecule has 1 N–H and O–H groups in total. The molecule has 0 aliphatic carbocycles. The van der Waals surface area contributed by atoms with E-state index in [1.807, 2.05) is 31.2 Å². The second-order valence-electron chi connectivity index (χ2n) is 6.87. The van der Waals surface area contributed by atoms with Gasteiger partial charge in [0, 0.05) is 29.6 Å². The molecule has 1 aliphatic heterocycles. The first-order valence-electron chi connectivity index (χ1n) is 9.08. The normalized spacial score (nSPS) is 15.1. The second kappa shape index (κ2) is 7.43. The first kappa shape index (κ1) is 18.7. The van der Waals surface area contributed by atoms with Crippen LogP contribution in [0.5, 0.6) is 0 Å². The van der Waals surface area contributed by atoms with Crippen molar-refractivity contribution < 1.29 is 18.4 Å². The molecule has 0 fully saturated rings. The van der Waals surface area contributed by atoms with Crippen LogP contribution in [-0.2, 0) is 6.42 Å². The van der Waals surface area contributed by atoms with Crippen molar-refractivity contribution in [2.24, 2.45) is 0 Å². The summed E-state index contributed by atoms with van der Waals surface area (Å²) in [4.78, 5) is 31.3. The number of pyridine rings is 1. The molecule has 1 aliphatic rings. The van der Waals surface area contributed by atoms with E-state index in [2.05, 4.69) is 10.3 Å². The topological polar surface area (TPSA) is 62.3 Å². The van der Waals surface area contributed by atoms with Crippen LogP contribution < -0.4 is 10.2 Å². The number of anilines is 2. The van der Waals surface area contributed by atoms with Gasteiger partial charge in [0.2, 0.25) is 0 Å². The van der Waals surface area contributed by atoms with Gasteiger partial charge in [-0.05, 0) is 49.2 Å². The molecule has 5 nitrogen and oxygen atoms in total. The first-order chi connectivity index (χ1) is 13.9. The molecule has 29 heavy (non-hydrogen) atoms. The van der Waals surface area contributed by atoms with E-state index in [1.54, 1.807) is 4.90 Å². The third-order valence-corrected chi connectivity index (χ3v) is 4.85. The lowest BCUT2D eigenvalue weighted by Gasteiger charge is -2.22.